The van der Waals surface area contributed by atoms with Crippen molar-refractivity contribution in [3.63, 3.8) is 0 Å². The van der Waals surface area contributed by atoms with Gasteiger partial charge in [-0.3, -0.25) is 19.4 Å². The SMILES string of the molecule is NC(=O)CCNC(=O)[C@H](CCCN=C(N)N)NC(=O)c1ccccc1. The van der Waals surface area contributed by atoms with Crippen molar-refractivity contribution in [3.05, 3.63) is 35.9 Å². The molecular formula is C16H24N6O3. The summed E-state index contributed by atoms with van der Waals surface area (Å²) in [7, 11) is 0. The van der Waals surface area contributed by atoms with E-state index in [0.717, 1.165) is 0 Å². The molecule has 0 aliphatic heterocycles. The van der Waals surface area contributed by atoms with Crippen molar-refractivity contribution in [2.24, 2.45) is 22.2 Å². The Kier molecular flexibility index (Phi) is 8.48. The van der Waals surface area contributed by atoms with E-state index < -0.39 is 17.9 Å². The van der Waals surface area contributed by atoms with E-state index in [0.29, 0.717) is 24.9 Å². The van der Waals surface area contributed by atoms with Crippen molar-refractivity contribution in [2.75, 3.05) is 13.1 Å². The molecule has 0 saturated carbocycles. The minimum Gasteiger partial charge on any atom is -0.370 e. The van der Waals surface area contributed by atoms with Crippen LogP contribution in [0.4, 0.5) is 0 Å². The third-order valence-electron chi connectivity index (χ3n) is 3.27. The molecule has 0 fully saturated rings. The van der Waals surface area contributed by atoms with Crippen LogP contribution in [0.1, 0.15) is 29.6 Å². The van der Waals surface area contributed by atoms with E-state index >= 15 is 0 Å². The van der Waals surface area contributed by atoms with E-state index in [1.165, 1.54) is 0 Å². The Morgan fingerprint density at radius 1 is 1.08 bits per heavy atom. The number of nitrogens with two attached hydrogens (primary N) is 3. The summed E-state index contributed by atoms with van der Waals surface area (Å²) in [6.45, 7) is 0.453. The van der Waals surface area contributed by atoms with Gasteiger partial charge < -0.3 is 27.8 Å². The van der Waals surface area contributed by atoms with Gasteiger partial charge in [-0.2, -0.15) is 0 Å². The average Bonchev–Trinajstić information content (AvgIpc) is 2.57. The highest BCUT2D eigenvalue weighted by atomic mass is 16.2. The van der Waals surface area contributed by atoms with Gasteiger partial charge in [-0.1, -0.05) is 18.2 Å². The standard InChI is InChI=1S/C16H24N6O3/c17-13(23)8-10-20-15(25)12(7-4-9-21-16(18)19)22-14(24)11-5-2-1-3-6-11/h1-3,5-6,12H,4,7-10H2,(H2,17,23)(H,20,25)(H,22,24)(H4,18,19,21)/t12-/m0/s1. The summed E-state index contributed by atoms with van der Waals surface area (Å²) in [4.78, 5) is 39.1. The molecule has 0 aromatic heterocycles. The second kappa shape index (κ2) is 10.6. The van der Waals surface area contributed by atoms with E-state index in [1.807, 2.05) is 0 Å². The minimum atomic E-state index is -0.769. The fourth-order valence-electron chi connectivity index (χ4n) is 2.04. The first-order valence-corrected chi connectivity index (χ1v) is 7.87. The highest BCUT2D eigenvalue weighted by Gasteiger charge is 2.20. The van der Waals surface area contributed by atoms with Gasteiger partial charge in [0.1, 0.15) is 6.04 Å². The molecule has 0 heterocycles. The first-order valence-electron chi connectivity index (χ1n) is 7.87. The highest BCUT2D eigenvalue weighted by Crippen LogP contribution is 2.03. The number of hydrogen-bond acceptors (Lipinski definition) is 4. The van der Waals surface area contributed by atoms with Crippen LogP contribution in [0.15, 0.2) is 35.3 Å². The molecule has 0 spiro atoms. The molecule has 0 aliphatic rings. The van der Waals surface area contributed by atoms with Crippen molar-refractivity contribution < 1.29 is 14.4 Å². The highest BCUT2D eigenvalue weighted by molar-refractivity contribution is 5.97. The number of guanidine groups is 1. The Balaban J connectivity index is 2.65. The van der Waals surface area contributed by atoms with Crippen molar-refractivity contribution >= 4 is 23.7 Å². The molecule has 0 aliphatic carbocycles. The molecule has 136 valence electrons. The maximum Gasteiger partial charge on any atom is 0.251 e. The number of hydrogen-bond donors (Lipinski definition) is 5. The topological polar surface area (TPSA) is 166 Å². The maximum absolute atomic E-state index is 12.3. The number of nitrogens with zero attached hydrogens (tertiary/aromatic N) is 1. The fourth-order valence-corrected chi connectivity index (χ4v) is 2.04. The predicted octanol–water partition coefficient (Wildman–Crippen LogP) is -1.17. The lowest BCUT2D eigenvalue weighted by Crippen LogP contribution is -2.47. The number of amides is 3. The first-order chi connectivity index (χ1) is 11.9. The average molecular weight is 348 g/mol. The fraction of sp³-hybridized carbons (Fsp3) is 0.375. The zero-order valence-electron chi connectivity index (χ0n) is 13.9. The van der Waals surface area contributed by atoms with Crippen LogP contribution in [0.5, 0.6) is 0 Å². The number of carbonyl (C=O) groups excluding carboxylic acids is 3. The molecule has 9 heteroatoms. The summed E-state index contributed by atoms with van der Waals surface area (Å²) in [6, 6.07) is 7.79. The molecule has 0 unspecified atom stereocenters. The summed E-state index contributed by atoms with van der Waals surface area (Å²) in [5.74, 6) is -1.30. The van der Waals surface area contributed by atoms with Gasteiger partial charge in [-0.25, -0.2) is 0 Å². The van der Waals surface area contributed by atoms with Crippen molar-refractivity contribution in [2.45, 2.75) is 25.3 Å². The van der Waals surface area contributed by atoms with Crippen molar-refractivity contribution in [1.29, 1.82) is 0 Å². The second-order valence-corrected chi connectivity index (χ2v) is 5.35. The molecular weight excluding hydrogens is 324 g/mol. The quantitative estimate of drug-likeness (QED) is 0.204. The smallest absolute Gasteiger partial charge is 0.251 e. The molecule has 8 N–H and O–H groups in total. The lowest BCUT2D eigenvalue weighted by molar-refractivity contribution is -0.123. The third kappa shape index (κ3) is 8.35. The van der Waals surface area contributed by atoms with E-state index in [-0.39, 0.29) is 24.8 Å². The Bertz CT molecular complexity index is 614. The van der Waals surface area contributed by atoms with Crippen LogP contribution >= 0.6 is 0 Å². The number of nitrogens with one attached hydrogen (secondary N) is 2. The van der Waals surface area contributed by atoms with Crippen LogP contribution in [0.25, 0.3) is 0 Å². The van der Waals surface area contributed by atoms with Gasteiger partial charge >= 0.3 is 0 Å². The molecule has 9 nitrogen and oxygen atoms in total. The molecule has 0 radical (unpaired) electrons. The zero-order chi connectivity index (χ0) is 18.7. The Labute approximate surface area is 146 Å². The summed E-state index contributed by atoms with van der Waals surface area (Å²) in [5.41, 5.74) is 16.0. The minimum absolute atomic E-state index is 0.0269. The van der Waals surface area contributed by atoms with Gasteiger partial charge in [0.2, 0.25) is 11.8 Å². The zero-order valence-corrected chi connectivity index (χ0v) is 13.9. The molecule has 0 saturated heterocycles. The Hall–Kier alpha value is -3.10. The summed E-state index contributed by atoms with van der Waals surface area (Å²) in [6.07, 6.45) is 0.873. The van der Waals surface area contributed by atoms with Gasteiger partial charge in [-0.05, 0) is 25.0 Å². The lowest BCUT2D eigenvalue weighted by atomic mass is 10.1. The number of carbonyl (C=O) groups is 3. The predicted molar refractivity (Wildman–Crippen MR) is 94.4 cm³/mol. The van der Waals surface area contributed by atoms with Crippen LogP contribution < -0.4 is 27.8 Å². The second-order valence-electron chi connectivity index (χ2n) is 5.35. The van der Waals surface area contributed by atoms with Crippen LogP contribution in [-0.2, 0) is 9.59 Å². The summed E-state index contributed by atoms with van der Waals surface area (Å²) >= 11 is 0. The monoisotopic (exact) mass is 348 g/mol. The van der Waals surface area contributed by atoms with Crippen molar-refractivity contribution in [1.82, 2.24) is 10.6 Å². The summed E-state index contributed by atoms with van der Waals surface area (Å²) in [5, 5.41) is 5.26. The lowest BCUT2D eigenvalue weighted by Gasteiger charge is -2.18. The normalized spacial score (nSPS) is 11.2. The van der Waals surface area contributed by atoms with Crippen LogP contribution in [-0.4, -0.2) is 42.8 Å². The maximum atomic E-state index is 12.3. The molecule has 1 rings (SSSR count). The van der Waals surface area contributed by atoms with E-state index in [9.17, 15) is 14.4 Å². The van der Waals surface area contributed by atoms with Crippen LogP contribution in [0.3, 0.4) is 0 Å². The Morgan fingerprint density at radius 3 is 2.36 bits per heavy atom. The van der Waals surface area contributed by atoms with Crippen molar-refractivity contribution in [3.8, 4) is 0 Å². The third-order valence-corrected chi connectivity index (χ3v) is 3.27. The van der Waals surface area contributed by atoms with Gasteiger partial charge in [0.05, 0.1) is 0 Å². The van der Waals surface area contributed by atoms with E-state index in [2.05, 4.69) is 15.6 Å². The largest absolute Gasteiger partial charge is 0.370 e. The summed E-state index contributed by atoms with van der Waals surface area (Å²) < 4.78 is 0. The van der Waals surface area contributed by atoms with Gasteiger partial charge in [-0.15, -0.1) is 0 Å². The first kappa shape index (κ1) is 19.9. The van der Waals surface area contributed by atoms with Crippen LogP contribution in [0, 0.1) is 0 Å². The molecule has 25 heavy (non-hydrogen) atoms. The van der Waals surface area contributed by atoms with Gasteiger partial charge in [0.25, 0.3) is 5.91 Å². The molecule has 3 amide bonds. The Morgan fingerprint density at radius 2 is 1.76 bits per heavy atom. The number of primary amides is 1. The van der Waals surface area contributed by atoms with Gasteiger partial charge in [0.15, 0.2) is 5.96 Å². The molecule has 1 aromatic carbocycles. The number of benzene rings is 1. The van der Waals surface area contributed by atoms with Crippen LogP contribution in [0.2, 0.25) is 0 Å². The van der Waals surface area contributed by atoms with Gasteiger partial charge in [0, 0.05) is 25.1 Å². The number of rotatable bonds is 10. The molecule has 1 atom stereocenters. The van der Waals surface area contributed by atoms with E-state index in [4.69, 9.17) is 17.2 Å². The molecule has 1 aromatic rings. The van der Waals surface area contributed by atoms with E-state index in [1.54, 1.807) is 30.3 Å². The number of aliphatic imine (C=N–C) groups is 1. The molecule has 0 bridgehead atoms.